The van der Waals surface area contributed by atoms with E-state index >= 15 is 0 Å². The van der Waals surface area contributed by atoms with Crippen LogP contribution in [0.5, 0.6) is 0 Å². The SMILES string of the molecule is CC(C)c1cc(C(=O)N2CCC(C(=O)O)C(C)C2)n[nH]1. The van der Waals surface area contributed by atoms with Gasteiger partial charge in [-0.05, 0) is 24.3 Å². The van der Waals surface area contributed by atoms with Crippen LogP contribution in [0.1, 0.15) is 49.3 Å². The molecule has 1 fully saturated rings. The lowest BCUT2D eigenvalue weighted by atomic mass is 9.87. The van der Waals surface area contributed by atoms with Gasteiger partial charge < -0.3 is 10.0 Å². The molecule has 0 aromatic carbocycles. The first-order valence-electron chi connectivity index (χ1n) is 6.97. The number of carboxylic acid groups (broad SMARTS) is 1. The van der Waals surface area contributed by atoms with E-state index in [1.807, 2.05) is 20.8 Å². The zero-order chi connectivity index (χ0) is 14.9. The maximum atomic E-state index is 12.4. The third-order valence-corrected chi connectivity index (χ3v) is 3.95. The second-order valence-corrected chi connectivity index (χ2v) is 5.83. The van der Waals surface area contributed by atoms with E-state index in [2.05, 4.69) is 10.2 Å². The van der Waals surface area contributed by atoms with Crippen molar-refractivity contribution in [2.24, 2.45) is 11.8 Å². The molecule has 2 unspecified atom stereocenters. The van der Waals surface area contributed by atoms with Crippen LogP contribution in [0.15, 0.2) is 6.07 Å². The largest absolute Gasteiger partial charge is 0.481 e. The van der Waals surface area contributed by atoms with E-state index in [9.17, 15) is 9.59 Å². The van der Waals surface area contributed by atoms with Crippen molar-refractivity contribution in [1.29, 1.82) is 0 Å². The number of carbonyl (C=O) groups excluding carboxylic acids is 1. The number of likely N-dealkylation sites (tertiary alicyclic amines) is 1. The van der Waals surface area contributed by atoms with Crippen LogP contribution in [0.3, 0.4) is 0 Å². The summed E-state index contributed by atoms with van der Waals surface area (Å²) in [6.45, 7) is 6.89. The lowest BCUT2D eigenvalue weighted by Crippen LogP contribution is -2.45. The highest BCUT2D eigenvalue weighted by Crippen LogP contribution is 2.24. The predicted molar refractivity (Wildman–Crippen MR) is 73.5 cm³/mol. The van der Waals surface area contributed by atoms with Crippen molar-refractivity contribution in [1.82, 2.24) is 15.1 Å². The van der Waals surface area contributed by atoms with E-state index < -0.39 is 5.97 Å². The molecule has 1 aliphatic rings. The van der Waals surface area contributed by atoms with Gasteiger partial charge in [-0.1, -0.05) is 20.8 Å². The van der Waals surface area contributed by atoms with E-state index in [4.69, 9.17) is 5.11 Å². The van der Waals surface area contributed by atoms with Crippen LogP contribution in [0, 0.1) is 11.8 Å². The summed E-state index contributed by atoms with van der Waals surface area (Å²) in [6, 6.07) is 1.78. The summed E-state index contributed by atoms with van der Waals surface area (Å²) in [5.41, 5.74) is 1.34. The van der Waals surface area contributed by atoms with E-state index in [-0.39, 0.29) is 17.7 Å². The van der Waals surface area contributed by atoms with Gasteiger partial charge in [-0.3, -0.25) is 14.7 Å². The highest BCUT2D eigenvalue weighted by molar-refractivity contribution is 5.92. The molecule has 1 aromatic rings. The molecule has 6 heteroatoms. The lowest BCUT2D eigenvalue weighted by molar-refractivity contribution is -0.145. The van der Waals surface area contributed by atoms with Crippen molar-refractivity contribution in [3.63, 3.8) is 0 Å². The Kier molecular flexibility index (Phi) is 4.11. The van der Waals surface area contributed by atoms with Gasteiger partial charge in [-0.2, -0.15) is 5.10 Å². The number of H-pyrrole nitrogens is 1. The molecule has 110 valence electrons. The smallest absolute Gasteiger partial charge is 0.306 e. The van der Waals surface area contributed by atoms with E-state index in [1.165, 1.54) is 0 Å². The van der Waals surface area contributed by atoms with Crippen LogP contribution in [0.4, 0.5) is 0 Å². The highest BCUT2D eigenvalue weighted by Gasteiger charge is 2.33. The van der Waals surface area contributed by atoms with Gasteiger partial charge in [-0.15, -0.1) is 0 Å². The third kappa shape index (κ3) is 2.84. The molecule has 6 nitrogen and oxygen atoms in total. The number of nitrogens with one attached hydrogen (secondary N) is 1. The zero-order valence-electron chi connectivity index (χ0n) is 12.1. The Balaban J connectivity index is 2.05. The summed E-state index contributed by atoms with van der Waals surface area (Å²) in [4.78, 5) is 25.1. The Bertz CT molecular complexity index is 510. The number of piperidine rings is 1. The van der Waals surface area contributed by atoms with Crippen LogP contribution in [-0.2, 0) is 4.79 Å². The van der Waals surface area contributed by atoms with Gasteiger partial charge in [0.25, 0.3) is 5.91 Å². The number of carbonyl (C=O) groups is 2. The average Bonchev–Trinajstić information content (AvgIpc) is 2.87. The molecule has 2 rings (SSSR count). The summed E-state index contributed by atoms with van der Waals surface area (Å²) in [5.74, 6) is -0.991. The standard InChI is InChI=1S/C14H21N3O3/c1-8(2)11-6-12(16-15-11)13(18)17-5-4-10(14(19)20)9(3)7-17/h6,8-10H,4-5,7H2,1-3H3,(H,15,16)(H,19,20). The van der Waals surface area contributed by atoms with Gasteiger partial charge in [0.15, 0.2) is 0 Å². The minimum absolute atomic E-state index is 0.0336. The maximum Gasteiger partial charge on any atom is 0.306 e. The number of amides is 1. The number of nitrogens with zero attached hydrogens (tertiary/aromatic N) is 2. The molecule has 2 atom stereocenters. The Labute approximate surface area is 118 Å². The fourth-order valence-electron chi connectivity index (χ4n) is 2.60. The van der Waals surface area contributed by atoms with Crippen molar-refractivity contribution in [2.45, 2.75) is 33.1 Å². The van der Waals surface area contributed by atoms with Crippen LogP contribution >= 0.6 is 0 Å². The highest BCUT2D eigenvalue weighted by atomic mass is 16.4. The van der Waals surface area contributed by atoms with Gasteiger partial charge in [-0.25, -0.2) is 0 Å². The number of aliphatic carboxylic acids is 1. The summed E-state index contributed by atoms with van der Waals surface area (Å²) in [5, 5.41) is 16.0. The summed E-state index contributed by atoms with van der Waals surface area (Å²) in [6.07, 6.45) is 0.504. The fraction of sp³-hybridized carbons (Fsp3) is 0.643. The molecule has 0 aliphatic carbocycles. The molecule has 1 amide bonds. The van der Waals surface area contributed by atoms with Crippen LogP contribution < -0.4 is 0 Å². The molecule has 0 bridgehead atoms. The Morgan fingerprint density at radius 1 is 1.50 bits per heavy atom. The van der Waals surface area contributed by atoms with Crippen molar-refractivity contribution < 1.29 is 14.7 Å². The molecule has 0 radical (unpaired) electrons. The van der Waals surface area contributed by atoms with E-state index in [0.717, 1.165) is 5.69 Å². The van der Waals surface area contributed by atoms with Gasteiger partial charge in [0.2, 0.25) is 0 Å². The monoisotopic (exact) mass is 279 g/mol. The Hall–Kier alpha value is -1.85. The molecular weight excluding hydrogens is 258 g/mol. The predicted octanol–water partition coefficient (Wildman–Crippen LogP) is 1.72. The normalized spacial score (nSPS) is 23.1. The second kappa shape index (κ2) is 5.64. The molecule has 0 spiro atoms. The molecule has 1 aromatic heterocycles. The maximum absolute atomic E-state index is 12.4. The minimum Gasteiger partial charge on any atom is -0.481 e. The molecular formula is C14H21N3O3. The number of carboxylic acids is 1. The Morgan fingerprint density at radius 2 is 2.20 bits per heavy atom. The number of hydrogen-bond acceptors (Lipinski definition) is 3. The Morgan fingerprint density at radius 3 is 2.70 bits per heavy atom. The second-order valence-electron chi connectivity index (χ2n) is 5.83. The summed E-state index contributed by atoms with van der Waals surface area (Å²) < 4.78 is 0. The van der Waals surface area contributed by atoms with Gasteiger partial charge in [0.1, 0.15) is 5.69 Å². The minimum atomic E-state index is -0.772. The molecule has 20 heavy (non-hydrogen) atoms. The zero-order valence-corrected chi connectivity index (χ0v) is 12.1. The first-order chi connectivity index (χ1) is 9.40. The van der Waals surface area contributed by atoms with Crippen LogP contribution in [0.2, 0.25) is 0 Å². The molecule has 1 saturated heterocycles. The van der Waals surface area contributed by atoms with Crippen molar-refractivity contribution >= 4 is 11.9 Å². The number of aromatic nitrogens is 2. The van der Waals surface area contributed by atoms with Crippen LogP contribution in [0.25, 0.3) is 0 Å². The van der Waals surface area contributed by atoms with Gasteiger partial charge >= 0.3 is 5.97 Å². The van der Waals surface area contributed by atoms with Crippen molar-refractivity contribution in [3.8, 4) is 0 Å². The van der Waals surface area contributed by atoms with Crippen LogP contribution in [-0.4, -0.2) is 45.2 Å². The van der Waals surface area contributed by atoms with Gasteiger partial charge in [0, 0.05) is 18.8 Å². The summed E-state index contributed by atoms with van der Waals surface area (Å²) >= 11 is 0. The third-order valence-electron chi connectivity index (χ3n) is 3.95. The molecule has 1 aliphatic heterocycles. The topological polar surface area (TPSA) is 86.3 Å². The quantitative estimate of drug-likeness (QED) is 0.882. The first-order valence-corrected chi connectivity index (χ1v) is 6.97. The van der Waals surface area contributed by atoms with Crippen molar-refractivity contribution in [3.05, 3.63) is 17.5 Å². The van der Waals surface area contributed by atoms with E-state index in [0.29, 0.717) is 31.1 Å². The fourth-order valence-corrected chi connectivity index (χ4v) is 2.60. The lowest BCUT2D eigenvalue weighted by Gasteiger charge is -2.34. The number of aromatic amines is 1. The molecule has 0 saturated carbocycles. The number of hydrogen-bond donors (Lipinski definition) is 2. The molecule has 2 N–H and O–H groups in total. The first kappa shape index (κ1) is 14.6. The van der Waals surface area contributed by atoms with E-state index in [1.54, 1.807) is 11.0 Å². The number of rotatable bonds is 3. The van der Waals surface area contributed by atoms with Gasteiger partial charge in [0.05, 0.1) is 5.92 Å². The molecule has 2 heterocycles. The summed E-state index contributed by atoms with van der Waals surface area (Å²) in [7, 11) is 0. The average molecular weight is 279 g/mol. The van der Waals surface area contributed by atoms with Crippen molar-refractivity contribution in [2.75, 3.05) is 13.1 Å².